The highest BCUT2D eigenvalue weighted by Crippen LogP contribution is 2.29. The molecule has 7 nitrogen and oxygen atoms in total. The van der Waals surface area contributed by atoms with Crippen molar-refractivity contribution in [2.75, 3.05) is 13.7 Å². The van der Waals surface area contributed by atoms with Crippen molar-refractivity contribution < 1.29 is 32.3 Å². The first-order chi connectivity index (χ1) is 14.5. The van der Waals surface area contributed by atoms with Crippen LogP contribution in [0.15, 0.2) is 58.1 Å². The first-order valence-corrected chi connectivity index (χ1v) is 9.02. The number of nitrogens with one attached hydrogen (secondary N) is 1. The van der Waals surface area contributed by atoms with Crippen molar-refractivity contribution in [1.82, 2.24) is 5.32 Å². The summed E-state index contributed by atoms with van der Waals surface area (Å²) in [6.07, 6.45) is 1.32. The highest BCUT2D eigenvalue weighted by Gasteiger charge is 2.14. The monoisotopic (exact) mass is 418 g/mol. The molecule has 1 heterocycles. The van der Waals surface area contributed by atoms with Gasteiger partial charge in [0.05, 0.1) is 19.4 Å². The molecule has 30 heavy (non-hydrogen) atoms. The SMILES string of the molecule is COc1cc(/C=N/OCC(=O)NC(C)c2cc3ccccc3o2)ccc1OC(F)F. The Kier molecular flexibility index (Phi) is 6.84. The zero-order valence-corrected chi connectivity index (χ0v) is 16.3. The van der Waals surface area contributed by atoms with Crippen LogP contribution in [0.2, 0.25) is 0 Å². The lowest BCUT2D eigenvalue weighted by molar-refractivity contribution is -0.126. The molecule has 1 N–H and O–H groups in total. The first-order valence-electron chi connectivity index (χ1n) is 9.02. The van der Waals surface area contributed by atoms with E-state index in [1.165, 1.54) is 31.5 Å². The Morgan fingerprint density at radius 1 is 1.20 bits per heavy atom. The summed E-state index contributed by atoms with van der Waals surface area (Å²) in [5.41, 5.74) is 1.26. The highest BCUT2D eigenvalue weighted by molar-refractivity contribution is 5.81. The number of alkyl halides is 2. The smallest absolute Gasteiger partial charge is 0.387 e. The molecule has 0 bridgehead atoms. The van der Waals surface area contributed by atoms with E-state index in [1.54, 1.807) is 6.92 Å². The Hall–Kier alpha value is -3.62. The third kappa shape index (κ3) is 5.47. The largest absolute Gasteiger partial charge is 0.493 e. The summed E-state index contributed by atoms with van der Waals surface area (Å²) in [5, 5.41) is 7.42. The van der Waals surface area contributed by atoms with E-state index >= 15 is 0 Å². The lowest BCUT2D eigenvalue weighted by Gasteiger charge is -2.10. The molecular weight excluding hydrogens is 398 g/mol. The maximum Gasteiger partial charge on any atom is 0.387 e. The number of para-hydroxylation sites is 1. The molecule has 0 aliphatic rings. The zero-order valence-electron chi connectivity index (χ0n) is 16.3. The Labute approximate surface area is 171 Å². The number of carbonyl (C=O) groups is 1. The summed E-state index contributed by atoms with van der Waals surface area (Å²) in [7, 11) is 1.33. The molecule has 3 aromatic rings. The molecule has 3 rings (SSSR count). The number of hydrogen-bond donors (Lipinski definition) is 1. The average Bonchev–Trinajstić information content (AvgIpc) is 3.16. The van der Waals surface area contributed by atoms with Gasteiger partial charge in [-0.05, 0) is 37.3 Å². The Morgan fingerprint density at radius 3 is 2.73 bits per heavy atom. The van der Waals surface area contributed by atoms with Crippen LogP contribution in [-0.2, 0) is 9.63 Å². The topological polar surface area (TPSA) is 82.3 Å². The van der Waals surface area contributed by atoms with Crippen LogP contribution >= 0.6 is 0 Å². The standard InChI is InChI=1S/C21H20F2N2O5/c1-13(18-10-15-5-3-4-6-16(15)29-18)25-20(26)12-28-24-11-14-7-8-17(30-21(22)23)19(9-14)27-2/h3-11,13,21H,12H2,1-2H3,(H,25,26)/b24-11+. The van der Waals surface area contributed by atoms with Gasteiger partial charge < -0.3 is 24.0 Å². The van der Waals surface area contributed by atoms with Gasteiger partial charge in [-0.25, -0.2) is 0 Å². The third-order valence-electron chi connectivity index (χ3n) is 4.12. The van der Waals surface area contributed by atoms with Crippen LogP contribution in [0, 0.1) is 0 Å². The van der Waals surface area contributed by atoms with Gasteiger partial charge in [-0.2, -0.15) is 8.78 Å². The van der Waals surface area contributed by atoms with E-state index < -0.39 is 6.61 Å². The van der Waals surface area contributed by atoms with Crippen molar-refractivity contribution in [2.24, 2.45) is 5.16 Å². The Morgan fingerprint density at radius 2 is 2.00 bits per heavy atom. The maximum atomic E-state index is 12.3. The van der Waals surface area contributed by atoms with E-state index in [4.69, 9.17) is 14.0 Å². The van der Waals surface area contributed by atoms with E-state index in [-0.39, 0.29) is 30.1 Å². The second-order valence-electron chi connectivity index (χ2n) is 6.27. The third-order valence-corrected chi connectivity index (χ3v) is 4.12. The Balaban J connectivity index is 1.50. The molecule has 0 saturated heterocycles. The van der Waals surface area contributed by atoms with Crippen LogP contribution < -0.4 is 14.8 Å². The normalized spacial score (nSPS) is 12.3. The fraction of sp³-hybridized carbons (Fsp3) is 0.238. The summed E-state index contributed by atoms with van der Waals surface area (Å²) in [4.78, 5) is 17.0. The molecule has 0 spiro atoms. The number of benzene rings is 2. The summed E-state index contributed by atoms with van der Waals surface area (Å²) < 4.78 is 39.8. The number of hydrogen-bond acceptors (Lipinski definition) is 6. The van der Waals surface area contributed by atoms with E-state index in [9.17, 15) is 13.6 Å². The van der Waals surface area contributed by atoms with Gasteiger partial charge in [-0.15, -0.1) is 0 Å². The molecule has 0 radical (unpaired) electrons. The predicted octanol–water partition coefficient (Wildman–Crippen LogP) is 4.27. The van der Waals surface area contributed by atoms with E-state index in [2.05, 4.69) is 15.2 Å². The Bertz CT molecular complexity index is 1000. The van der Waals surface area contributed by atoms with Gasteiger partial charge in [0.15, 0.2) is 18.1 Å². The molecule has 9 heteroatoms. The van der Waals surface area contributed by atoms with Crippen LogP contribution in [0.3, 0.4) is 0 Å². The number of amides is 1. The number of halogens is 2. The number of rotatable bonds is 9. The summed E-state index contributed by atoms with van der Waals surface area (Å²) in [5.74, 6) is 0.283. The summed E-state index contributed by atoms with van der Waals surface area (Å²) >= 11 is 0. The van der Waals surface area contributed by atoms with Crippen LogP contribution in [0.5, 0.6) is 11.5 Å². The summed E-state index contributed by atoms with van der Waals surface area (Å²) in [6.45, 7) is -1.46. The molecule has 2 aromatic carbocycles. The molecule has 1 unspecified atom stereocenters. The van der Waals surface area contributed by atoms with Crippen LogP contribution in [-0.4, -0.2) is 32.4 Å². The molecule has 1 aromatic heterocycles. The minimum atomic E-state index is -2.96. The molecule has 158 valence electrons. The average molecular weight is 418 g/mol. The van der Waals surface area contributed by atoms with Crippen molar-refractivity contribution in [3.05, 3.63) is 59.9 Å². The molecule has 0 saturated carbocycles. The second-order valence-corrected chi connectivity index (χ2v) is 6.27. The maximum absolute atomic E-state index is 12.3. The lowest BCUT2D eigenvalue weighted by atomic mass is 10.2. The number of methoxy groups -OCH3 is 1. The van der Waals surface area contributed by atoms with Crippen LogP contribution in [0.1, 0.15) is 24.3 Å². The fourth-order valence-electron chi connectivity index (χ4n) is 2.72. The van der Waals surface area contributed by atoms with Gasteiger partial charge in [-0.3, -0.25) is 4.79 Å². The van der Waals surface area contributed by atoms with Crippen molar-refractivity contribution in [3.63, 3.8) is 0 Å². The summed E-state index contributed by atoms with van der Waals surface area (Å²) in [6, 6.07) is 13.4. The van der Waals surface area contributed by atoms with Crippen molar-refractivity contribution in [1.29, 1.82) is 0 Å². The van der Waals surface area contributed by atoms with Crippen LogP contribution in [0.25, 0.3) is 11.0 Å². The lowest BCUT2D eigenvalue weighted by Crippen LogP contribution is -2.29. The minimum Gasteiger partial charge on any atom is -0.493 e. The second kappa shape index (κ2) is 9.73. The minimum absolute atomic E-state index is 0.0930. The number of nitrogens with zero attached hydrogens (tertiary/aromatic N) is 1. The molecule has 1 amide bonds. The van der Waals surface area contributed by atoms with Crippen molar-refractivity contribution >= 4 is 23.1 Å². The van der Waals surface area contributed by atoms with Gasteiger partial charge in [0.25, 0.3) is 5.91 Å². The number of fused-ring (bicyclic) bond motifs is 1. The molecule has 1 atom stereocenters. The number of furan rings is 1. The number of oxime groups is 1. The number of carbonyl (C=O) groups excluding carboxylic acids is 1. The van der Waals surface area contributed by atoms with Gasteiger partial charge in [0.1, 0.15) is 11.3 Å². The van der Waals surface area contributed by atoms with Gasteiger partial charge in [0.2, 0.25) is 0 Å². The molecule has 0 fully saturated rings. The van der Waals surface area contributed by atoms with E-state index in [1.807, 2.05) is 30.3 Å². The number of ether oxygens (including phenoxy) is 2. The molecule has 0 aliphatic heterocycles. The van der Waals surface area contributed by atoms with E-state index in [0.29, 0.717) is 11.3 Å². The quantitative estimate of drug-likeness (QED) is 0.415. The van der Waals surface area contributed by atoms with E-state index in [0.717, 1.165) is 11.0 Å². The van der Waals surface area contributed by atoms with Gasteiger partial charge >= 0.3 is 6.61 Å². The van der Waals surface area contributed by atoms with Crippen LogP contribution in [0.4, 0.5) is 8.78 Å². The van der Waals surface area contributed by atoms with Crippen molar-refractivity contribution in [2.45, 2.75) is 19.6 Å². The zero-order chi connectivity index (χ0) is 21.5. The van der Waals surface area contributed by atoms with Crippen molar-refractivity contribution in [3.8, 4) is 11.5 Å². The molecule has 0 aliphatic carbocycles. The first kappa shape index (κ1) is 21.1. The fourth-order valence-corrected chi connectivity index (χ4v) is 2.72. The van der Waals surface area contributed by atoms with Gasteiger partial charge in [0, 0.05) is 10.9 Å². The molecular formula is C21H20F2N2O5. The predicted molar refractivity (Wildman–Crippen MR) is 106 cm³/mol. The van der Waals surface area contributed by atoms with Gasteiger partial charge in [-0.1, -0.05) is 23.4 Å². The highest BCUT2D eigenvalue weighted by atomic mass is 19.3.